The van der Waals surface area contributed by atoms with E-state index in [1.807, 2.05) is 0 Å². The fourth-order valence-corrected chi connectivity index (χ4v) is 1.98. The second-order valence-corrected chi connectivity index (χ2v) is 4.70. The second kappa shape index (κ2) is 5.82. The smallest absolute Gasteiger partial charge is 0.159 e. The van der Waals surface area contributed by atoms with Crippen molar-refractivity contribution in [1.29, 1.82) is 0 Å². The highest BCUT2D eigenvalue weighted by Crippen LogP contribution is 2.21. The van der Waals surface area contributed by atoms with Gasteiger partial charge in [-0.1, -0.05) is 12.1 Å². The first-order chi connectivity index (χ1) is 9.47. The van der Waals surface area contributed by atoms with Gasteiger partial charge in [0.1, 0.15) is 11.6 Å². The molecule has 104 valence electrons. The average Bonchev–Trinajstić information content (AvgIpc) is 2.41. The van der Waals surface area contributed by atoms with Crippen molar-refractivity contribution in [1.82, 2.24) is 0 Å². The van der Waals surface area contributed by atoms with Gasteiger partial charge in [-0.3, -0.25) is 4.79 Å². The second-order valence-electron chi connectivity index (χ2n) is 4.70. The first kappa shape index (κ1) is 14.2. The van der Waals surface area contributed by atoms with Crippen LogP contribution < -0.4 is 4.90 Å². The molecule has 0 fully saturated rings. The van der Waals surface area contributed by atoms with Gasteiger partial charge in [0.25, 0.3) is 0 Å². The molecule has 0 atom stereocenters. The lowest BCUT2D eigenvalue weighted by molar-refractivity contribution is 0.101. The Balaban J connectivity index is 2.18. The highest BCUT2D eigenvalue weighted by atomic mass is 19.1. The van der Waals surface area contributed by atoms with Crippen LogP contribution in [0, 0.1) is 11.6 Å². The summed E-state index contributed by atoms with van der Waals surface area (Å²) in [5.74, 6) is -0.910. The third-order valence-electron chi connectivity index (χ3n) is 3.10. The van der Waals surface area contributed by atoms with E-state index < -0.39 is 5.82 Å². The Labute approximate surface area is 116 Å². The summed E-state index contributed by atoms with van der Waals surface area (Å²) in [6.45, 7) is 1.85. The van der Waals surface area contributed by atoms with Crippen molar-refractivity contribution >= 4 is 11.5 Å². The summed E-state index contributed by atoms with van der Waals surface area (Å²) >= 11 is 0. The van der Waals surface area contributed by atoms with Gasteiger partial charge in [-0.05, 0) is 42.8 Å². The van der Waals surface area contributed by atoms with Crippen molar-refractivity contribution in [3.05, 3.63) is 65.2 Å². The highest BCUT2D eigenvalue weighted by Gasteiger charge is 2.10. The molecule has 2 rings (SSSR count). The Morgan fingerprint density at radius 2 is 1.75 bits per heavy atom. The quantitative estimate of drug-likeness (QED) is 0.791. The number of benzene rings is 2. The zero-order valence-corrected chi connectivity index (χ0v) is 11.4. The molecule has 0 amide bonds. The Hall–Kier alpha value is -2.23. The normalized spacial score (nSPS) is 10.4. The number of anilines is 1. The van der Waals surface area contributed by atoms with E-state index in [0.29, 0.717) is 17.8 Å². The molecule has 0 aromatic heterocycles. The summed E-state index contributed by atoms with van der Waals surface area (Å²) in [7, 11) is 1.75. The number of rotatable bonds is 4. The number of nitrogens with zero attached hydrogens (tertiary/aromatic N) is 1. The van der Waals surface area contributed by atoms with E-state index in [0.717, 1.165) is 5.56 Å². The Morgan fingerprint density at radius 1 is 1.10 bits per heavy atom. The third-order valence-corrected chi connectivity index (χ3v) is 3.10. The lowest BCUT2D eigenvalue weighted by Crippen LogP contribution is -2.18. The first-order valence-electron chi connectivity index (χ1n) is 6.23. The minimum atomic E-state index is -0.442. The monoisotopic (exact) mass is 275 g/mol. The van der Waals surface area contributed by atoms with E-state index in [2.05, 4.69) is 0 Å². The van der Waals surface area contributed by atoms with E-state index in [-0.39, 0.29) is 11.6 Å². The largest absolute Gasteiger partial charge is 0.368 e. The lowest BCUT2D eigenvalue weighted by Gasteiger charge is -2.20. The van der Waals surface area contributed by atoms with Crippen molar-refractivity contribution in [2.75, 3.05) is 11.9 Å². The number of Topliss-reactive ketones (excluding diaryl/α,β-unsaturated/α-hetero) is 1. The van der Waals surface area contributed by atoms with E-state index in [1.54, 1.807) is 36.2 Å². The predicted octanol–water partition coefficient (Wildman–Crippen LogP) is 3.80. The highest BCUT2D eigenvalue weighted by molar-refractivity contribution is 5.94. The van der Waals surface area contributed by atoms with Crippen LogP contribution in [-0.2, 0) is 6.54 Å². The Bertz CT molecular complexity index is 623. The van der Waals surface area contributed by atoms with Crippen LogP contribution in [-0.4, -0.2) is 12.8 Å². The SMILES string of the molecule is CC(=O)c1ccc(N(C)Cc2ccc(F)cc2)c(F)c1. The van der Waals surface area contributed by atoms with Crippen LogP contribution in [0.4, 0.5) is 14.5 Å². The molecule has 0 heterocycles. The van der Waals surface area contributed by atoms with Gasteiger partial charge in [-0.2, -0.15) is 0 Å². The first-order valence-corrected chi connectivity index (χ1v) is 6.23. The van der Waals surface area contributed by atoms with E-state index >= 15 is 0 Å². The number of carbonyl (C=O) groups excluding carboxylic acids is 1. The van der Waals surface area contributed by atoms with E-state index in [4.69, 9.17) is 0 Å². The van der Waals surface area contributed by atoms with Gasteiger partial charge in [0.05, 0.1) is 5.69 Å². The van der Waals surface area contributed by atoms with Crippen LogP contribution in [0.5, 0.6) is 0 Å². The van der Waals surface area contributed by atoms with Crippen molar-refractivity contribution < 1.29 is 13.6 Å². The molecule has 2 nitrogen and oxygen atoms in total. The number of halogens is 2. The summed E-state index contributed by atoms with van der Waals surface area (Å²) in [4.78, 5) is 12.9. The van der Waals surface area contributed by atoms with Gasteiger partial charge >= 0.3 is 0 Å². The molecular weight excluding hydrogens is 260 g/mol. The Kier molecular flexibility index (Phi) is 4.13. The van der Waals surface area contributed by atoms with Crippen molar-refractivity contribution in [2.24, 2.45) is 0 Å². The molecule has 0 aliphatic carbocycles. The molecule has 2 aromatic carbocycles. The maximum atomic E-state index is 14.0. The van der Waals surface area contributed by atoms with Gasteiger partial charge in [0.15, 0.2) is 5.78 Å². The van der Waals surface area contributed by atoms with Crippen molar-refractivity contribution in [2.45, 2.75) is 13.5 Å². The van der Waals surface area contributed by atoms with E-state index in [9.17, 15) is 13.6 Å². The maximum absolute atomic E-state index is 14.0. The van der Waals surface area contributed by atoms with Gasteiger partial charge in [0.2, 0.25) is 0 Å². The molecule has 2 aromatic rings. The zero-order valence-electron chi connectivity index (χ0n) is 11.4. The molecule has 0 aliphatic heterocycles. The molecule has 0 radical (unpaired) electrons. The zero-order chi connectivity index (χ0) is 14.7. The minimum Gasteiger partial charge on any atom is -0.368 e. The van der Waals surface area contributed by atoms with Crippen LogP contribution in [0.3, 0.4) is 0 Å². The van der Waals surface area contributed by atoms with Gasteiger partial charge in [0, 0.05) is 19.2 Å². The molecular formula is C16H15F2NO. The van der Waals surface area contributed by atoms with Crippen LogP contribution in [0.15, 0.2) is 42.5 Å². The standard InChI is InChI=1S/C16H15F2NO/c1-11(20)13-5-8-16(15(18)9-13)19(2)10-12-3-6-14(17)7-4-12/h3-9H,10H2,1-2H3. The van der Waals surface area contributed by atoms with Crippen LogP contribution in [0.2, 0.25) is 0 Å². The Morgan fingerprint density at radius 3 is 2.30 bits per heavy atom. The number of ketones is 1. The lowest BCUT2D eigenvalue weighted by atomic mass is 10.1. The molecule has 0 N–H and O–H groups in total. The fraction of sp³-hybridized carbons (Fsp3) is 0.188. The van der Waals surface area contributed by atoms with Crippen molar-refractivity contribution in [3.63, 3.8) is 0 Å². The molecule has 20 heavy (non-hydrogen) atoms. The molecule has 0 saturated heterocycles. The van der Waals surface area contributed by atoms with Crippen LogP contribution in [0.1, 0.15) is 22.8 Å². The number of carbonyl (C=O) groups is 1. The van der Waals surface area contributed by atoms with Crippen LogP contribution in [0.25, 0.3) is 0 Å². The summed E-state index contributed by atoms with van der Waals surface area (Å²) in [5.41, 5.74) is 1.63. The summed E-state index contributed by atoms with van der Waals surface area (Å²) in [6, 6.07) is 10.5. The maximum Gasteiger partial charge on any atom is 0.159 e. The summed E-state index contributed by atoms with van der Waals surface area (Å²) in [6.07, 6.45) is 0. The van der Waals surface area contributed by atoms with Crippen LogP contribution >= 0.6 is 0 Å². The molecule has 0 saturated carbocycles. The average molecular weight is 275 g/mol. The number of hydrogen-bond donors (Lipinski definition) is 0. The van der Waals surface area contributed by atoms with Gasteiger partial charge < -0.3 is 4.90 Å². The minimum absolute atomic E-state index is 0.170. The van der Waals surface area contributed by atoms with Gasteiger partial charge in [-0.15, -0.1) is 0 Å². The molecule has 0 bridgehead atoms. The molecule has 0 unspecified atom stereocenters. The molecule has 4 heteroatoms. The van der Waals surface area contributed by atoms with Crippen molar-refractivity contribution in [3.8, 4) is 0 Å². The molecule has 0 aliphatic rings. The third kappa shape index (κ3) is 3.20. The predicted molar refractivity (Wildman–Crippen MR) is 74.9 cm³/mol. The van der Waals surface area contributed by atoms with Gasteiger partial charge in [-0.25, -0.2) is 8.78 Å². The molecule has 0 spiro atoms. The summed E-state index contributed by atoms with van der Waals surface area (Å²) < 4.78 is 26.8. The van der Waals surface area contributed by atoms with E-state index in [1.165, 1.54) is 25.1 Å². The fourth-order valence-electron chi connectivity index (χ4n) is 1.98. The number of hydrogen-bond acceptors (Lipinski definition) is 2. The topological polar surface area (TPSA) is 20.3 Å². The summed E-state index contributed by atoms with van der Waals surface area (Å²) in [5, 5.41) is 0.